The Balaban J connectivity index is 1.46. The van der Waals surface area contributed by atoms with Gasteiger partial charge in [0.15, 0.2) is 0 Å². The van der Waals surface area contributed by atoms with Crippen molar-refractivity contribution in [3.05, 3.63) is 90.0 Å². The first kappa shape index (κ1) is 24.0. The maximum absolute atomic E-state index is 13.3. The summed E-state index contributed by atoms with van der Waals surface area (Å²) in [4.78, 5) is 32.7. The van der Waals surface area contributed by atoms with Gasteiger partial charge < -0.3 is 25.3 Å². The number of phenolic OH excluding ortho intramolecular Hbond substituents is 1. The number of hydrogen-bond acceptors (Lipinski definition) is 6. The van der Waals surface area contributed by atoms with Gasteiger partial charge in [-0.3, -0.25) is 9.59 Å². The number of aliphatic hydroxyl groups is 1. The number of nitrogens with one attached hydrogen (secondary N) is 1. The van der Waals surface area contributed by atoms with Crippen molar-refractivity contribution in [1.82, 2.24) is 10.2 Å². The molecule has 3 aromatic carbocycles. The summed E-state index contributed by atoms with van der Waals surface area (Å²) < 4.78 is 0. The van der Waals surface area contributed by atoms with E-state index in [0.717, 1.165) is 11.1 Å². The van der Waals surface area contributed by atoms with E-state index in [4.69, 9.17) is 4.84 Å². The van der Waals surface area contributed by atoms with Gasteiger partial charge in [0, 0.05) is 18.5 Å². The van der Waals surface area contributed by atoms with Crippen LogP contribution >= 0.6 is 0 Å². The van der Waals surface area contributed by atoms with Crippen molar-refractivity contribution in [3.8, 4) is 16.9 Å². The molecule has 3 N–H and O–H groups in total. The Kier molecular flexibility index (Phi) is 7.42. The number of rotatable bonds is 7. The van der Waals surface area contributed by atoms with Crippen molar-refractivity contribution in [2.24, 2.45) is 5.16 Å². The van der Waals surface area contributed by atoms with Gasteiger partial charge in [-0.1, -0.05) is 59.8 Å². The molecule has 1 aliphatic rings. The molecule has 180 valence electrons. The fourth-order valence-corrected chi connectivity index (χ4v) is 4.08. The van der Waals surface area contributed by atoms with Crippen molar-refractivity contribution in [2.75, 3.05) is 20.2 Å². The Morgan fingerprint density at radius 1 is 1.03 bits per heavy atom. The van der Waals surface area contributed by atoms with E-state index < -0.39 is 18.1 Å². The Labute approximate surface area is 203 Å². The second kappa shape index (κ2) is 10.8. The van der Waals surface area contributed by atoms with Gasteiger partial charge in [0.2, 0.25) is 5.91 Å². The summed E-state index contributed by atoms with van der Waals surface area (Å²) >= 11 is 0. The Hall–Kier alpha value is -4.17. The third-order valence-corrected chi connectivity index (χ3v) is 5.93. The molecule has 3 aromatic rings. The first-order chi connectivity index (χ1) is 17.0. The number of aromatic hydroxyl groups is 1. The molecule has 0 aliphatic carbocycles. The largest absolute Gasteiger partial charge is 0.508 e. The topological polar surface area (TPSA) is 111 Å². The van der Waals surface area contributed by atoms with Crippen LogP contribution in [0.1, 0.15) is 28.4 Å². The molecule has 0 unspecified atom stereocenters. The normalized spacial score (nSPS) is 17.3. The van der Waals surface area contributed by atoms with Gasteiger partial charge in [-0.15, -0.1) is 0 Å². The average molecular weight is 474 g/mol. The molecular weight excluding hydrogens is 446 g/mol. The van der Waals surface area contributed by atoms with E-state index in [0.29, 0.717) is 16.8 Å². The van der Waals surface area contributed by atoms with Gasteiger partial charge in [-0.2, -0.15) is 0 Å². The lowest BCUT2D eigenvalue weighted by Gasteiger charge is -2.24. The highest BCUT2D eigenvalue weighted by molar-refractivity contribution is 6.05. The molecule has 0 bridgehead atoms. The van der Waals surface area contributed by atoms with E-state index in [-0.39, 0.29) is 31.2 Å². The quantitative estimate of drug-likeness (QED) is 0.457. The van der Waals surface area contributed by atoms with E-state index in [1.807, 2.05) is 42.5 Å². The van der Waals surface area contributed by atoms with Gasteiger partial charge >= 0.3 is 0 Å². The van der Waals surface area contributed by atoms with E-state index in [2.05, 4.69) is 10.5 Å². The highest BCUT2D eigenvalue weighted by Gasteiger charge is 2.38. The van der Waals surface area contributed by atoms with Gasteiger partial charge in [-0.25, -0.2) is 0 Å². The number of carbonyl (C=O) groups is 2. The number of oxime groups is 1. The molecule has 1 saturated heterocycles. The molecular formula is C27H27N3O5. The summed E-state index contributed by atoms with van der Waals surface area (Å²) in [5.41, 5.74) is 3.64. The molecule has 0 radical (unpaired) electrons. The fourth-order valence-electron chi connectivity index (χ4n) is 4.08. The predicted molar refractivity (Wildman–Crippen MR) is 132 cm³/mol. The van der Waals surface area contributed by atoms with Crippen LogP contribution in [-0.4, -0.2) is 58.9 Å². The molecule has 1 aliphatic heterocycles. The van der Waals surface area contributed by atoms with Gasteiger partial charge in [0.1, 0.15) is 18.9 Å². The highest BCUT2D eigenvalue weighted by Crippen LogP contribution is 2.23. The Morgan fingerprint density at radius 2 is 1.69 bits per heavy atom. The van der Waals surface area contributed by atoms with Crippen molar-refractivity contribution < 1.29 is 24.6 Å². The number of likely N-dealkylation sites (tertiary alicyclic amines) is 1. The molecule has 0 aromatic heterocycles. The maximum Gasteiger partial charge on any atom is 0.254 e. The molecule has 35 heavy (non-hydrogen) atoms. The van der Waals surface area contributed by atoms with E-state index in [9.17, 15) is 19.8 Å². The summed E-state index contributed by atoms with van der Waals surface area (Å²) in [7, 11) is 1.42. The lowest BCUT2D eigenvalue weighted by atomic mass is 10.0. The third-order valence-electron chi connectivity index (χ3n) is 5.93. The number of phenols is 1. The first-order valence-electron chi connectivity index (χ1n) is 11.3. The van der Waals surface area contributed by atoms with Crippen molar-refractivity contribution in [2.45, 2.75) is 18.6 Å². The molecule has 0 spiro atoms. The van der Waals surface area contributed by atoms with Crippen LogP contribution in [0.2, 0.25) is 0 Å². The first-order valence-corrected chi connectivity index (χ1v) is 11.3. The maximum atomic E-state index is 13.3. The minimum absolute atomic E-state index is 0.0370. The van der Waals surface area contributed by atoms with Gasteiger partial charge in [0.25, 0.3) is 5.91 Å². The molecule has 8 nitrogen and oxygen atoms in total. The molecule has 1 heterocycles. The van der Waals surface area contributed by atoms with E-state index in [1.165, 1.54) is 24.1 Å². The summed E-state index contributed by atoms with van der Waals surface area (Å²) in [6.45, 7) is 0.135. The second-order valence-electron chi connectivity index (χ2n) is 8.29. The molecule has 2 atom stereocenters. The smallest absolute Gasteiger partial charge is 0.254 e. The fraction of sp³-hybridized carbons (Fsp3) is 0.222. The highest BCUT2D eigenvalue weighted by atomic mass is 16.6. The number of amides is 2. The number of nitrogens with zero attached hydrogens (tertiary/aromatic N) is 2. The van der Waals surface area contributed by atoms with Crippen LogP contribution in [-0.2, 0) is 9.63 Å². The summed E-state index contributed by atoms with van der Waals surface area (Å²) in [5.74, 6) is -0.588. The van der Waals surface area contributed by atoms with Crippen LogP contribution in [0.5, 0.6) is 5.75 Å². The molecule has 8 heteroatoms. The predicted octanol–water partition coefficient (Wildman–Crippen LogP) is 3.13. The van der Waals surface area contributed by atoms with Gasteiger partial charge in [0.05, 0.1) is 18.4 Å². The zero-order valence-corrected chi connectivity index (χ0v) is 19.3. The molecule has 0 saturated carbocycles. The van der Waals surface area contributed by atoms with Crippen LogP contribution in [0, 0.1) is 0 Å². The van der Waals surface area contributed by atoms with Crippen LogP contribution in [0.15, 0.2) is 84.0 Å². The minimum Gasteiger partial charge on any atom is -0.508 e. The number of benzene rings is 3. The lowest BCUT2D eigenvalue weighted by Crippen LogP contribution is -2.46. The van der Waals surface area contributed by atoms with Crippen molar-refractivity contribution >= 4 is 17.5 Å². The third kappa shape index (κ3) is 5.67. The second-order valence-corrected chi connectivity index (χ2v) is 8.29. The Morgan fingerprint density at radius 3 is 2.34 bits per heavy atom. The summed E-state index contributed by atoms with van der Waals surface area (Å²) in [6, 6.07) is 22.4. The van der Waals surface area contributed by atoms with E-state index >= 15 is 0 Å². The van der Waals surface area contributed by atoms with Crippen LogP contribution in [0.3, 0.4) is 0 Å². The van der Waals surface area contributed by atoms with E-state index in [1.54, 1.807) is 24.3 Å². The molecule has 2 amide bonds. The average Bonchev–Trinajstić information content (AvgIpc) is 3.32. The summed E-state index contributed by atoms with van der Waals surface area (Å²) in [5, 5.41) is 26.5. The number of hydrogen-bond donors (Lipinski definition) is 3. The zero-order chi connectivity index (χ0) is 24.8. The monoisotopic (exact) mass is 473 g/mol. The van der Waals surface area contributed by atoms with Crippen molar-refractivity contribution in [3.63, 3.8) is 0 Å². The van der Waals surface area contributed by atoms with Crippen LogP contribution < -0.4 is 5.32 Å². The summed E-state index contributed by atoms with van der Waals surface area (Å²) in [6.07, 6.45) is -0.717. The Bertz CT molecular complexity index is 1190. The SMILES string of the molecule is CON=C1C[C@@H](C(=O)NC[C@H](O)c2ccc(O)cc2)N(C(=O)c2ccc(-c3ccccc3)cc2)C1. The minimum atomic E-state index is -0.956. The standard InChI is InChI=1S/C27H27N3O5/c1-35-29-22-15-24(26(33)28-16-25(32)20-11-13-23(31)14-12-20)30(17-22)27(34)21-9-7-19(8-10-21)18-5-3-2-4-6-18/h2-14,24-25,31-32H,15-17H2,1H3,(H,28,33)/t24-,25-/m0/s1. The number of aliphatic hydroxyl groups excluding tert-OH is 1. The van der Waals surface area contributed by atoms with Gasteiger partial charge in [-0.05, 0) is 41.0 Å². The van der Waals surface area contributed by atoms with Crippen LogP contribution in [0.25, 0.3) is 11.1 Å². The molecule has 1 fully saturated rings. The number of carbonyl (C=O) groups excluding carboxylic acids is 2. The van der Waals surface area contributed by atoms with Crippen molar-refractivity contribution in [1.29, 1.82) is 0 Å². The zero-order valence-electron chi connectivity index (χ0n) is 19.3. The molecule has 4 rings (SSSR count). The van der Waals surface area contributed by atoms with Crippen LogP contribution in [0.4, 0.5) is 0 Å². The lowest BCUT2D eigenvalue weighted by molar-refractivity contribution is -0.125.